The van der Waals surface area contributed by atoms with Gasteiger partial charge in [-0.3, -0.25) is 0 Å². The lowest BCUT2D eigenvalue weighted by molar-refractivity contribution is 1.21. The van der Waals surface area contributed by atoms with Crippen LogP contribution in [0.4, 0.5) is 5.69 Å². The van der Waals surface area contributed by atoms with Crippen molar-refractivity contribution < 1.29 is 0 Å². The number of hydrogen-bond acceptors (Lipinski definition) is 5. The monoisotopic (exact) mass is 301 g/mol. The molecular formula is C9H8BrN3S2. The molecule has 2 N–H and O–H groups in total. The minimum Gasteiger partial charge on any atom is -0.398 e. The predicted molar refractivity (Wildman–Crippen MR) is 67.3 cm³/mol. The average molecular weight is 302 g/mol. The van der Waals surface area contributed by atoms with Gasteiger partial charge in [-0.15, -0.1) is 0 Å². The molecule has 78 valence electrons. The molecule has 0 unspecified atom stereocenters. The van der Waals surface area contributed by atoms with E-state index in [0.717, 1.165) is 25.0 Å². The molecule has 3 nitrogen and oxygen atoms in total. The van der Waals surface area contributed by atoms with Crippen molar-refractivity contribution >= 4 is 44.9 Å². The van der Waals surface area contributed by atoms with Crippen molar-refractivity contribution in [2.45, 2.75) is 16.2 Å². The Labute approximate surface area is 104 Å². The maximum Gasteiger partial charge on any atom is 0.174 e. The number of aryl methyl sites for hydroxylation is 1. The number of nitrogens with zero attached hydrogens (tertiary/aromatic N) is 2. The average Bonchev–Trinajstić information content (AvgIpc) is 2.67. The summed E-state index contributed by atoms with van der Waals surface area (Å²) in [6.45, 7) is 1.99. The third-order valence-electron chi connectivity index (χ3n) is 1.86. The van der Waals surface area contributed by atoms with E-state index in [0.29, 0.717) is 0 Å². The van der Waals surface area contributed by atoms with Crippen LogP contribution in [0.5, 0.6) is 0 Å². The van der Waals surface area contributed by atoms with E-state index in [9.17, 15) is 0 Å². The summed E-state index contributed by atoms with van der Waals surface area (Å²) in [6.07, 6.45) is 1.56. The first kappa shape index (κ1) is 10.9. The lowest BCUT2D eigenvalue weighted by Crippen LogP contribution is -1.90. The molecule has 2 aromatic rings. The number of rotatable bonds is 2. The normalized spacial score (nSPS) is 10.5. The Morgan fingerprint density at radius 2 is 2.27 bits per heavy atom. The quantitative estimate of drug-likeness (QED) is 0.864. The van der Waals surface area contributed by atoms with Crippen molar-refractivity contribution in [2.24, 2.45) is 0 Å². The molecule has 0 amide bonds. The Bertz CT molecular complexity index is 470. The predicted octanol–water partition coefficient (Wildman–Crippen LogP) is 3.34. The van der Waals surface area contributed by atoms with Crippen molar-refractivity contribution in [3.63, 3.8) is 0 Å². The zero-order valence-electron chi connectivity index (χ0n) is 7.90. The Morgan fingerprint density at radius 1 is 1.47 bits per heavy atom. The Balaban J connectivity index is 2.33. The van der Waals surface area contributed by atoms with Gasteiger partial charge in [-0.1, -0.05) is 11.8 Å². The van der Waals surface area contributed by atoms with Gasteiger partial charge >= 0.3 is 0 Å². The highest BCUT2D eigenvalue weighted by Gasteiger charge is 2.07. The van der Waals surface area contributed by atoms with Crippen LogP contribution >= 0.6 is 39.2 Å². The van der Waals surface area contributed by atoms with E-state index in [1.807, 2.05) is 19.1 Å². The lowest BCUT2D eigenvalue weighted by Gasteiger charge is -2.05. The number of aromatic nitrogens is 2. The van der Waals surface area contributed by atoms with Crippen molar-refractivity contribution in [1.29, 1.82) is 0 Å². The molecule has 1 aromatic carbocycles. The molecule has 0 spiro atoms. The molecule has 0 radical (unpaired) electrons. The largest absolute Gasteiger partial charge is 0.398 e. The molecule has 0 aliphatic rings. The third kappa shape index (κ3) is 2.50. The highest BCUT2D eigenvalue weighted by Crippen LogP contribution is 2.36. The molecule has 0 fully saturated rings. The molecule has 6 heteroatoms. The number of hydrogen-bond donors (Lipinski definition) is 1. The van der Waals surface area contributed by atoms with E-state index in [-0.39, 0.29) is 0 Å². The fraction of sp³-hybridized carbons (Fsp3) is 0.111. The Kier molecular flexibility index (Phi) is 3.28. The fourth-order valence-corrected chi connectivity index (χ4v) is 3.16. The van der Waals surface area contributed by atoms with E-state index in [2.05, 4.69) is 25.3 Å². The van der Waals surface area contributed by atoms with Crippen LogP contribution in [0.15, 0.2) is 32.2 Å². The van der Waals surface area contributed by atoms with Gasteiger partial charge in [0.2, 0.25) is 0 Å². The molecule has 0 aliphatic carbocycles. The van der Waals surface area contributed by atoms with Gasteiger partial charge in [0, 0.05) is 15.1 Å². The molecule has 1 heterocycles. The van der Waals surface area contributed by atoms with Crippen LogP contribution in [-0.2, 0) is 0 Å². The maximum absolute atomic E-state index is 5.80. The maximum atomic E-state index is 5.80. The van der Waals surface area contributed by atoms with Gasteiger partial charge in [0.25, 0.3) is 0 Å². The molecule has 0 bridgehead atoms. The second kappa shape index (κ2) is 4.51. The molecule has 0 atom stereocenters. The number of nitrogens with two attached hydrogens (primary N) is 1. The summed E-state index contributed by atoms with van der Waals surface area (Å²) in [5, 5.41) is 0. The van der Waals surface area contributed by atoms with Gasteiger partial charge in [0.05, 0.1) is 0 Å². The van der Waals surface area contributed by atoms with Gasteiger partial charge in [-0.05, 0) is 52.1 Å². The van der Waals surface area contributed by atoms with Crippen LogP contribution in [0, 0.1) is 6.92 Å². The molecule has 2 rings (SSSR count). The molecule has 15 heavy (non-hydrogen) atoms. The lowest BCUT2D eigenvalue weighted by atomic mass is 10.2. The van der Waals surface area contributed by atoms with Gasteiger partial charge in [-0.2, -0.15) is 4.37 Å². The van der Waals surface area contributed by atoms with Gasteiger partial charge < -0.3 is 5.73 Å². The number of benzene rings is 1. The second-order valence-corrected chi connectivity index (χ2v) is 5.87. The van der Waals surface area contributed by atoms with Crippen molar-refractivity contribution in [3.8, 4) is 0 Å². The van der Waals surface area contributed by atoms with E-state index in [4.69, 9.17) is 5.73 Å². The SMILES string of the molecule is Cc1cc(Sc2ncns2)c(Br)cc1N. The molecule has 0 saturated heterocycles. The summed E-state index contributed by atoms with van der Waals surface area (Å²) >= 11 is 6.46. The zero-order valence-corrected chi connectivity index (χ0v) is 11.1. The Morgan fingerprint density at radius 3 is 2.93 bits per heavy atom. The summed E-state index contributed by atoms with van der Waals surface area (Å²) in [4.78, 5) is 5.23. The first-order valence-corrected chi connectivity index (χ1v) is 6.55. The van der Waals surface area contributed by atoms with Crippen molar-refractivity contribution in [2.75, 3.05) is 5.73 Å². The minimum atomic E-state index is 0.795. The van der Waals surface area contributed by atoms with E-state index >= 15 is 0 Å². The number of anilines is 1. The molecular weight excluding hydrogens is 294 g/mol. The van der Waals surface area contributed by atoms with Crippen LogP contribution in [0.2, 0.25) is 0 Å². The number of halogens is 1. The molecule has 1 aromatic heterocycles. The summed E-state index contributed by atoms with van der Waals surface area (Å²) in [7, 11) is 0. The second-order valence-electron chi connectivity index (χ2n) is 2.95. The summed E-state index contributed by atoms with van der Waals surface area (Å²) < 4.78 is 5.88. The Hall–Kier alpha value is -0.590. The molecule has 0 aliphatic heterocycles. The van der Waals surface area contributed by atoms with E-state index in [1.54, 1.807) is 18.1 Å². The first-order chi connectivity index (χ1) is 7.16. The first-order valence-electron chi connectivity index (χ1n) is 4.17. The van der Waals surface area contributed by atoms with Gasteiger partial charge in [-0.25, -0.2) is 4.98 Å². The topological polar surface area (TPSA) is 51.8 Å². The van der Waals surface area contributed by atoms with Crippen molar-refractivity contribution in [3.05, 3.63) is 28.5 Å². The smallest absolute Gasteiger partial charge is 0.174 e. The molecule has 0 saturated carbocycles. The summed E-state index contributed by atoms with van der Waals surface area (Å²) in [6, 6.07) is 3.96. The van der Waals surface area contributed by atoms with E-state index in [1.165, 1.54) is 11.5 Å². The van der Waals surface area contributed by atoms with Crippen LogP contribution in [0.1, 0.15) is 5.56 Å². The van der Waals surface area contributed by atoms with E-state index < -0.39 is 0 Å². The van der Waals surface area contributed by atoms with Crippen LogP contribution in [-0.4, -0.2) is 9.36 Å². The standard InChI is InChI=1S/C9H8BrN3S2/c1-5-2-8(6(10)3-7(5)11)14-9-12-4-13-15-9/h2-4H,11H2,1H3. The highest BCUT2D eigenvalue weighted by atomic mass is 79.9. The summed E-state index contributed by atoms with van der Waals surface area (Å²) in [5.41, 5.74) is 7.67. The van der Waals surface area contributed by atoms with Crippen molar-refractivity contribution in [1.82, 2.24) is 9.36 Å². The van der Waals surface area contributed by atoms with Crippen LogP contribution < -0.4 is 5.73 Å². The fourth-order valence-electron chi connectivity index (χ4n) is 1.05. The highest BCUT2D eigenvalue weighted by molar-refractivity contribution is 9.10. The third-order valence-corrected chi connectivity index (χ3v) is 4.55. The number of nitrogen functional groups attached to an aromatic ring is 1. The zero-order chi connectivity index (χ0) is 10.8. The summed E-state index contributed by atoms with van der Waals surface area (Å²) in [5.74, 6) is 0. The van der Waals surface area contributed by atoms with Gasteiger partial charge in [0.15, 0.2) is 4.34 Å². The van der Waals surface area contributed by atoms with Crippen LogP contribution in [0.3, 0.4) is 0 Å². The van der Waals surface area contributed by atoms with Crippen LogP contribution in [0.25, 0.3) is 0 Å². The minimum absolute atomic E-state index is 0.795. The van der Waals surface area contributed by atoms with Gasteiger partial charge in [0.1, 0.15) is 6.33 Å².